The van der Waals surface area contributed by atoms with Gasteiger partial charge in [0.1, 0.15) is 18.2 Å². The Kier molecular flexibility index (Phi) is 9.80. The largest absolute Gasteiger partial charge is 0.449 e. The van der Waals surface area contributed by atoms with Crippen LogP contribution in [0.25, 0.3) is 17.0 Å². The van der Waals surface area contributed by atoms with E-state index in [4.69, 9.17) is 14.5 Å². The first-order valence-corrected chi connectivity index (χ1v) is 15.2. The number of hydrogen-bond acceptors (Lipinski definition) is 8. The van der Waals surface area contributed by atoms with E-state index in [0.717, 1.165) is 16.5 Å². The molecule has 3 heterocycles. The number of carbonyl (C=O) groups is 4. The van der Waals surface area contributed by atoms with Gasteiger partial charge in [0.15, 0.2) is 0 Å². The van der Waals surface area contributed by atoms with E-state index in [1.807, 2.05) is 64.1 Å². The zero-order valence-electron chi connectivity index (χ0n) is 26.9. The molecule has 4 rings (SSSR count). The van der Waals surface area contributed by atoms with Crippen molar-refractivity contribution in [2.45, 2.75) is 104 Å². The zero-order chi connectivity index (χ0) is 32.4. The maximum Gasteiger partial charge on any atom is 0.316 e. The fourth-order valence-corrected chi connectivity index (χ4v) is 5.23. The van der Waals surface area contributed by atoms with Crippen LogP contribution in [0.1, 0.15) is 85.5 Å². The standard InChI is InChI=1S/C33H45N5O6/c1-19-24-14-13-23-12-11-22(18-26(23)36-24)15-16-33(7,8)31(42)43-27(21(3)44-32(4,5)6)29(40)35-20(2)30(41)38-17-9-10-25(37-38)28(39)34-19/h11-16,18-21,25,27,37H,9-10,17H2,1-8H3,(H,34,39)(H,35,40)/b16-15+/t19-,20+,21-,25+,27?/m1/s1. The Morgan fingerprint density at radius 1 is 1.02 bits per heavy atom. The molecule has 1 fully saturated rings. The minimum atomic E-state index is -1.32. The number of rotatable bonds is 2. The number of nitrogens with zero attached hydrogens (tertiary/aromatic N) is 2. The number of hydrazine groups is 1. The smallest absolute Gasteiger partial charge is 0.316 e. The van der Waals surface area contributed by atoms with Crippen LogP contribution in [0.15, 0.2) is 36.4 Å². The average Bonchev–Trinajstić information content (AvgIpc) is 2.96. The molecule has 3 amide bonds. The Morgan fingerprint density at radius 3 is 2.41 bits per heavy atom. The molecular formula is C33H45N5O6. The van der Waals surface area contributed by atoms with Crippen molar-refractivity contribution >= 4 is 40.7 Å². The SMILES string of the molecule is C[C@@H]1NC(=O)C([C@@H](C)OC(C)(C)C)OC(=O)C(C)(C)/C=C/c2ccc3ccc(nc3c2)[C@@H](C)NC(=O)[C@@H]2CCCN(N2)C1=O. The molecule has 1 saturated heterocycles. The van der Waals surface area contributed by atoms with Crippen molar-refractivity contribution in [3.05, 3.63) is 47.7 Å². The number of ether oxygens (including phenoxy) is 2. The third kappa shape index (κ3) is 8.00. The van der Waals surface area contributed by atoms with Crippen molar-refractivity contribution in [3.63, 3.8) is 0 Å². The van der Waals surface area contributed by atoms with Crippen LogP contribution in [0.4, 0.5) is 0 Å². The number of pyridine rings is 1. The van der Waals surface area contributed by atoms with Crippen LogP contribution in [0.5, 0.6) is 0 Å². The number of benzene rings is 1. The van der Waals surface area contributed by atoms with Crippen LogP contribution in [0, 0.1) is 5.41 Å². The predicted molar refractivity (Wildman–Crippen MR) is 167 cm³/mol. The molecule has 0 aliphatic carbocycles. The van der Waals surface area contributed by atoms with Gasteiger partial charge in [-0.15, -0.1) is 0 Å². The molecule has 44 heavy (non-hydrogen) atoms. The van der Waals surface area contributed by atoms with Crippen LogP contribution < -0.4 is 16.1 Å². The summed E-state index contributed by atoms with van der Waals surface area (Å²) in [5.41, 5.74) is 3.56. The number of fused-ring (bicyclic) bond motifs is 4. The molecular weight excluding hydrogens is 562 g/mol. The topological polar surface area (TPSA) is 139 Å². The molecule has 0 saturated carbocycles. The van der Waals surface area contributed by atoms with Crippen molar-refractivity contribution in [2.75, 3.05) is 6.54 Å². The number of amides is 3. The van der Waals surface area contributed by atoms with Crippen molar-refractivity contribution in [1.29, 1.82) is 0 Å². The van der Waals surface area contributed by atoms with Gasteiger partial charge in [0, 0.05) is 11.9 Å². The minimum Gasteiger partial charge on any atom is -0.449 e. The average molecular weight is 608 g/mol. The lowest BCUT2D eigenvalue weighted by Gasteiger charge is -2.36. The van der Waals surface area contributed by atoms with Gasteiger partial charge in [-0.2, -0.15) is 0 Å². The first-order valence-electron chi connectivity index (χ1n) is 15.2. The number of aromatic nitrogens is 1. The molecule has 3 N–H and O–H groups in total. The van der Waals surface area contributed by atoms with Gasteiger partial charge in [-0.25, -0.2) is 5.43 Å². The van der Waals surface area contributed by atoms with Gasteiger partial charge < -0.3 is 20.1 Å². The second-order valence-electron chi connectivity index (χ2n) is 13.3. The molecule has 1 unspecified atom stereocenters. The van der Waals surface area contributed by atoms with E-state index < -0.39 is 53.1 Å². The highest BCUT2D eigenvalue weighted by Gasteiger charge is 2.39. The second-order valence-corrected chi connectivity index (χ2v) is 13.3. The summed E-state index contributed by atoms with van der Waals surface area (Å²) >= 11 is 0. The molecule has 0 radical (unpaired) electrons. The molecule has 0 spiro atoms. The van der Waals surface area contributed by atoms with E-state index in [1.54, 1.807) is 33.8 Å². The van der Waals surface area contributed by atoms with Gasteiger partial charge in [0.25, 0.3) is 11.8 Å². The lowest BCUT2D eigenvalue weighted by atomic mass is 9.92. The molecule has 11 nitrogen and oxygen atoms in total. The zero-order valence-corrected chi connectivity index (χ0v) is 26.9. The number of nitrogens with one attached hydrogen (secondary N) is 3. The Labute approximate surface area is 259 Å². The van der Waals surface area contributed by atoms with Crippen LogP contribution in [-0.4, -0.2) is 70.1 Å². The summed E-state index contributed by atoms with van der Waals surface area (Å²) in [5.74, 6) is -1.95. The number of cyclic esters (lactones) is 1. The highest BCUT2D eigenvalue weighted by molar-refractivity contribution is 5.92. The van der Waals surface area contributed by atoms with Crippen LogP contribution in [-0.2, 0) is 28.7 Å². The summed E-state index contributed by atoms with van der Waals surface area (Å²) < 4.78 is 11.8. The third-order valence-corrected chi connectivity index (χ3v) is 7.71. The van der Waals surface area contributed by atoms with Gasteiger partial charge in [-0.05, 0) is 85.9 Å². The summed E-state index contributed by atoms with van der Waals surface area (Å²) in [4.78, 5) is 58.5. The highest BCUT2D eigenvalue weighted by Crippen LogP contribution is 2.26. The normalized spacial score (nSPS) is 26.9. The van der Waals surface area contributed by atoms with Crippen molar-refractivity contribution in [2.24, 2.45) is 5.41 Å². The Bertz CT molecular complexity index is 1450. The van der Waals surface area contributed by atoms with Gasteiger partial charge in [0.05, 0.1) is 28.3 Å². The van der Waals surface area contributed by atoms with Gasteiger partial charge >= 0.3 is 5.97 Å². The number of hydrogen-bond donors (Lipinski definition) is 3. The Balaban J connectivity index is 1.72. The minimum absolute atomic E-state index is 0.251. The first kappa shape index (κ1) is 33.1. The Hall–Kier alpha value is -3.83. The summed E-state index contributed by atoms with van der Waals surface area (Å²) in [7, 11) is 0. The van der Waals surface area contributed by atoms with Crippen molar-refractivity contribution < 1.29 is 28.7 Å². The van der Waals surface area contributed by atoms with Gasteiger partial charge in [-0.3, -0.25) is 29.2 Å². The van der Waals surface area contributed by atoms with E-state index in [-0.39, 0.29) is 11.9 Å². The van der Waals surface area contributed by atoms with Crippen LogP contribution in [0.3, 0.4) is 0 Å². The molecule has 1 aromatic carbocycles. The van der Waals surface area contributed by atoms with Crippen LogP contribution in [0.2, 0.25) is 0 Å². The molecule has 2 aliphatic rings. The Morgan fingerprint density at radius 2 is 1.70 bits per heavy atom. The fraction of sp³-hybridized carbons (Fsp3) is 0.545. The van der Waals surface area contributed by atoms with Crippen LogP contribution >= 0.6 is 0 Å². The molecule has 11 heteroatoms. The highest BCUT2D eigenvalue weighted by atomic mass is 16.6. The third-order valence-electron chi connectivity index (χ3n) is 7.71. The van der Waals surface area contributed by atoms with E-state index in [1.165, 1.54) is 5.01 Å². The van der Waals surface area contributed by atoms with Gasteiger partial charge in [0.2, 0.25) is 12.0 Å². The number of carbonyl (C=O) groups excluding carboxylic acids is 4. The van der Waals surface area contributed by atoms with E-state index in [0.29, 0.717) is 25.1 Å². The maximum atomic E-state index is 13.6. The lowest BCUT2D eigenvalue weighted by molar-refractivity contribution is -0.177. The van der Waals surface area contributed by atoms with Gasteiger partial charge in [-0.1, -0.05) is 30.4 Å². The van der Waals surface area contributed by atoms with E-state index >= 15 is 0 Å². The molecule has 2 aromatic rings. The molecule has 5 bridgehead atoms. The number of esters is 1. The first-order chi connectivity index (χ1) is 20.5. The molecule has 2 aliphatic heterocycles. The molecule has 238 valence electrons. The fourth-order valence-electron chi connectivity index (χ4n) is 5.23. The summed E-state index contributed by atoms with van der Waals surface area (Å²) in [6.07, 6.45) is 2.54. The summed E-state index contributed by atoms with van der Waals surface area (Å²) in [6, 6.07) is 7.63. The maximum absolute atomic E-state index is 13.6. The molecule has 5 atom stereocenters. The second kappa shape index (κ2) is 13.0. The van der Waals surface area contributed by atoms with Crippen molar-refractivity contribution in [3.8, 4) is 0 Å². The quantitative estimate of drug-likeness (QED) is 0.441. The van der Waals surface area contributed by atoms with E-state index in [9.17, 15) is 19.2 Å². The van der Waals surface area contributed by atoms with E-state index in [2.05, 4.69) is 16.1 Å². The monoisotopic (exact) mass is 607 g/mol. The lowest BCUT2D eigenvalue weighted by Crippen LogP contribution is -2.61. The predicted octanol–water partition coefficient (Wildman–Crippen LogP) is 3.58. The summed E-state index contributed by atoms with van der Waals surface area (Å²) in [6.45, 7) is 14.4. The summed E-state index contributed by atoms with van der Waals surface area (Å²) in [5, 5.41) is 8.01. The molecule has 1 aromatic heterocycles. The van der Waals surface area contributed by atoms with Crippen molar-refractivity contribution in [1.82, 2.24) is 26.1 Å².